The molecule has 0 bridgehead atoms. The average Bonchev–Trinajstić information content (AvgIpc) is 3.07. The number of quaternary nitrogens is 1. The highest BCUT2D eigenvalue weighted by Crippen LogP contribution is 2.14. The molecule has 27 heavy (non-hydrogen) atoms. The van der Waals surface area contributed by atoms with E-state index in [-0.39, 0.29) is 24.8 Å². The van der Waals surface area contributed by atoms with Gasteiger partial charge in [-0.15, -0.1) is 12.4 Å². The van der Waals surface area contributed by atoms with E-state index in [0.29, 0.717) is 0 Å². The van der Waals surface area contributed by atoms with Gasteiger partial charge >= 0.3 is 0 Å². The van der Waals surface area contributed by atoms with Crippen LogP contribution in [0.5, 0.6) is 0 Å². The monoisotopic (exact) mass is 421 g/mol. The second-order valence-electron chi connectivity index (χ2n) is 8.49. The van der Waals surface area contributed by atoms with Gasteiger partial charge in [-0.2, -0.15) is 0 Å². The van der Waals surface area contributed by atoms with Crippen LogP contribution in [0, 0.1) is 0 Å². The fraction of sp³-hybridized carbons (Fsp3) is 0.864. The van der Waals surface area contributed by atoms with Crippen molar-refractivity contribution in [3.8, 4) is 0 Å². The summed E-state index contributed by atoms with van der Waals surface area (Å²) >= 11 is 0. The van der Waals surface area contributed by atoms with Crippen LogP contribution in [0.15, 0.2) is 12.5 Å². The van der Waals surface area contributed by atoms with Crippen LogP contribution in [0.3, 0.4) is 0 Å². The Labute approximate surface area is 181 Å². The molecule has 1 rings (SSSR count). The molecule has 1 aromatic rings. The maximum atomic E-state index is 4.11. The zero-order chi connectivity index (χ0) is 18.2. The first-order chi connectivity index (χ1) is 12.1. The zero-order valence-corrected chi connectivity index (χ0v) is 19.7. The summed E-state index contributed by atoms with van der Waals surface area (Å²) in [6, 6.07) is 0. The maximum Gasteiger partial charge on any atom is 0.121 e. The molecular formula is C22H45Cl2N3. The van der Waals surface area contributed by atoms with Gasteiger partial charge in [-0.25, -0.2) is 4.98 Å². The molecule has 0 unspecified atom stereocenters. The number of aromatic nitrogens is 2. The maximum absolute atomic E-state index is 4.11. The minimum absolute atomic E-state index is 0. The van der Waals surface area contributed by atoms with Crippen molar-refractivity contribution in [2.75, 3.05) is 20.6 Å². The van der Waals surface area contributed by atoms with Gasteiger partial charge in [0.15, 0.2) is 0 Å². The summed E-state index contributed by atoms with van der Waals surface area (Å²) in [6.45, 7) is 4.61. The van der Waals surface area contributed by atoms with Crippen LogP contribution < -0.4 is 12.4 Å². The van der Waals surface area contributed by atoms with Crippen LogP contribution in [0.4, 0.5) is 0 Å². The van der Waals surface area contributed by atoms with Crippen LogP contribution in [0.2, 0.25) is 0 Å². The third kappa shape index (κ3) is 17.6. The highest BCUT2D eigenvalue weighted by atomic mass is 35.5. The lowest BCUT2D eigenvalue weighted by Crippen LogP contribution is -3.00. The smallest absolute Gasteiger partial charge is 0.121 e. The van der Waals surface area contributed by atoms with E-state index >= 15 is 0 Å². The summed E-state index contributed by atoms with van der Waals surface area (Å²) < 4.78 is 1.06. The Bertz CT molecular complexity index is 394. The lowest BCUT2D eigenvalue weighted by atomic mass is 10.0. The molecule has 1 aromatic heterocycles. The van der Waals surface area contributed by atoms with E-state index in [2.05, 4.69) is 31.0 Å². The second kappa shape index (κ2) is 19.1. The van der Waals surface area contributed by atoms with Gasteiger partial charge in [0, 0.05) is 0 Å². The number of halogens is 2. The van der Waals surface area contributed by atoms with E-state index in [1.807, 2.05) is 6.20 Å². The Morgan fingerprint density at radius 2 is 1.22 bits per heavy atom. The van der Waals surface area contributed by atoms with Crippen molar-refractivity contribution in [2.45, 2.75) is 103 Å². The van der Waals surface area contributed by atoms with Crippen molar-refractivity contribution in [1.82, 2.24) is 9.97 Å². The summed E-state index contributed by atoms with van der Waals surface area (Å²) in [5.41, 5.74) is 1.25. The Kier molecular flexibility index (Phi) is 20.5. The number of nitrogens with zero attached hydrogens (tertiary/aromatic N) is 2. The number of H-pyrrole nitrogens is 1. The van der Waals surface area contributed by atoms with E-state index < -0.39 is 0 Å². The number of imidazole rings is 1. The molecular weight excluding hydrogens is 377 g/mol. The summed E-state index contributed by atoms with van der Waals surface area (Å²) in [6.07, 6.45) is 23.8. The summed E-state index contributed by atoms with van der Waals surface area (Å²) in [4.78, 5) is 7.33. The van der Waals surface area contributed by atoms with Crippen LogP contribution >= 0.6 is 12.4 Å². The molecule has 5 heteroatoms. The molecule has 0 aliphatic heterocycles. The van der Waals surface area contributed by atoms with Gasteiger partial charge in [0.05, 0.1) is 38.9 Å². The number of rotatable bonds is 17. The van der Waals surface area contributed by atoms with Gasteiger partial charge < -0.3 is 21.9 Å². The first kappa shape index (κ1) is 29.0. The Balaban J connectivity index is 0. The molecule has 162 valence electrons. The first-order valence-corrected chi connectivity index (χ1v) is 10.9. The van der Waals surface area contributed by atoms with Gasteiger partial charge in [0.25, 0.3) is 0 Å². The van der Waals surface area contributed by atoms with E-state index in [9.17, 15) is 0 Å². The van der Waals surface area contributed by atoms with Gasteiger partial charge in [-0.05, 0) is 12.8 Å². The van der Waals surface area contributed by atoms with Crippen molar-refractivity contribution in [3.63, 3.8) is 0 Å². The lowest BCUT2D eigenvalue weighted by Gasteiger charge is -2.29. The van der Waals surface area contributed by atoms with Gasteiger partial charge in [-0.3, -0.25) is 0 Å². The largest absolute Gasteiger partial charge is 1.00 e. The first-order valence-electron chi connectivity index (χ1n) is 10.9. The third-order valence-electron chi connectivity index (χ3n) is 5.27. The lowest BCUT2D eigenvalue weighted by molar-refractivity contribution is -0.904. The predicted molar refractivity (Wildman–Crippen MR) is 117 cm³/mol. The quantitative estimate of drug-likeness (QED) is 0.299. The van der Waals surface area contributed by atoms with Crippen LogP contribution in [0.1, 0.15) is 103 Å². The summed E-state index contributed by atoms with van der Waals surface area (Å²) in [5.74, 6) is 0. The van der Waals surface area contributed by atoms with Crippen molar-refractivity contribution in [2.24, 2.45) is 0 Å². The minimum atomic E-state index is 0. The molecule has 0 aliphatic carbocycles. The number of hydrogen-bond donors (Lipinski definition) is 1. The summed E-state index contributed by atoms with van der Waals surface area (Å²) in [7, 11) is 4.65. The Morgan fingerprint density at radius 3 is 1.63 bits per heavy atom. The number of unbranched alkanes of at least 4 members (excludes halogenated alkanes) is 13. The molecule has 0 saturated heterocycles. The van der Waals surface area contributed by atoms with Crippen molar-refractivity contribution in [3.05, 3.63) is 18.2 Å². The van der Waals surface area contributed by atoms with Crippen LogP contribution in [0.25, 0.3) is 0 Å². The van der Waals surface area contributed by atoms with Crippen LogP contribution in [-0.2, 0) is 6.54 Å². The standard InChI is InChI=1S/C22H44N3.2ClH/c1-4-5-6-7-8-9-10-11-12-13-14-15-16-17-18-25(2,3)20-22-19-23-21-24-22;;/h19,21H,4-18,20H2,1-3H3,(H,23,24);2*1H/q+1;;/p-1. The molecule has 0 aliphatic rings. The highest BCUT2D eigenvalue weighted by molar-refractivity contribution is 5.85. The van der Waals surface area contributed by atoms with E-state index in [1.54, 1.807) is 6.33 Å². The van der Waals surface area contributed by atoms with E-state index in [1.165, 1.54) is 102 Å². The van der Waals surface area contributed by atoms with E-state index in [0.717, 1.165) is 11.0 Å². The molecule has 0 amide bonds. The highest BCUT2D eigenvalue weighted by Gasteiger charge is 2.15. The molecule has 0 saturated carbocycles. The molecule has 0 fully saturated rings. The zero-order valence-electron chi connectivity index (χ0n) is 18.1. The third-order valence-corrected chi connectivity index (χ3v) is 5.27. The van der Waals surface area contributed by atoms with Crippen molar-refractivity contribution in [1.29, 1.82) is 0 Å². The molecule has 1 heterocycles. The predicted octanol–water partition coefficient (Wildman–Crippen LogP) is 3.89. The molecule has 0 aromatic carbocycles. The van der Waals surface area contributed by atoms with Crippen LogP contribution in [-0.4, -0.2) is 35.1 Å². The fourth-order valence-electron chi connectivity index (χ4n) is 3.65. The molecule has 3 nitrogen and oxygen atoms in total. The Hall–Kier alpha value is -0.250. The topological polar surface area (TPSA) is 28.7 Å². The average molecular weight is 423 g/mol. The number of hydrogen-bond acceptors (Lipinski definition) is 1. The fourth-order valence-corrected chi connectivity index (χ4v) is 3.65. The second-order valence-corrected chi connectivity index (χ2v) is 8.49. The normalized spacial score (nSPS) is 11.1. The molecule has 0 radical (unpaired) electrons. The number of aromatic amines is 1. The Morgan fingerprint density at radius 1 is 0.778 bits per heavy atom. The molecule has 0 atom stereocenters. The van der Waals surface area contributed by atoms with Gasteiger partial charge in [-0.1, -0.05) is 84.0 Å². The number of nitrogens with one attached hydrogen (secondary N) is 1. The SMILES string of the molecule is CCCCCCCCCCCCCCCC[N+](C)(C)Cc1cnc[nH]1.Cl.[Cl-]. The molecule has 1 N–H and O–H groups in total. The minimum Gasteiger partial charge on any atom is -1.00 e. The van der Waals surface area contributed by atoms with Gasteiger partial charge in [0.2, 0.25) is 0 Å². The van der Waals surface area contributed by atoms with Crippen molar-refractivity contribution < 1.29 is 16.9 Å². The van der Waals surface area contributed by atoms with Gasteiger partial charge in [0.1, 0.15) is 6.54 Å². The molecule has 0 spiro atoms. The van der Waals surface area contributed by atoms with E-state index in [4.69, 9.17) is 0 Å². The summed E-state index contributed by atoms with van der Waals surface area (Å²) in [5, 5.41) is 0. The van der Waals surface area contributed by atoms with Crippen molar-refractivity contribution >= 4 is 12.4 Å².